The highest BCUT2D eigenvalue weighted by Gasteiger charge is 2.36. The molecule has 2 rings (SSSR count). The number of hydrogen-bond donors (Lipinski definition) is 2. The minimum Gasteiger partial charge on any atom is -0.491 e. The molecule has 1 atom stereocenters. The molecule has 1 aliphatic rings. The van der Waals surface area contributed by atoms with Gasteiger partial charge in [-0.3, -0.25) is 0 Å². The largest absolute Gasteiger partial charge is 0.491 e. The molecule has 1 saturated carbocycles. The van der Waals surface area contributed by atoms with E-state index in [0.717, 1.165) is 16.8 Å². The van der Waals surface area contributed by atoms with Gasteiger partial charge in [0.05, 0.1) is 0 Å². The molecule has 1 aliphatic carbocycles. The van der Waals surface area contributed by atoms with E-state index < -0.39 is 6.10 Å². The molecule has 0 spiro atoms. The summed E-state index contributed by atoms with van der Waals surface area (Å²) in [6.07, 6.45) is 2.13. The van der Waals surface area contributed by atoms with Gasteiger partial charge in [0.2, 0.25) is 0 Å². The normalized spacial score (nSPS) is 18.4. The van der Waals surface area contributed by atoms with Crippen LogP contribution in [0.4, 0.5) is 0 Å². The summed E-state index contributed by atoms with van der Waals surface area (Å²) in [5.41, 5.74) is 0.478. The molecule has 0 heterocycles. The van der Waals surface area contributed by atoms with Crippen LogP contribution >= 0.6 is 15.9 Å². The number of benzene rings is 1. The zero-order valence-electron chi connectivity index (χ0n) is 10.7. The summed E-state index contributed by atoms with van der Waals surface area (Å²) in [5.74, 6) is 0.784. The van der Waals surface area contributed by atoms with Gasteiger partial charge < -0.3 is 15.2 Å². The van der Waals surface area contributed by atoms with Crippen LogP contribution < -0.4 is 10.1 Å². The Morgan fingerprint density at radius 1 is 1.39 bits per heavy atom. The van der Waals surface area contributed by atoms with Crippen molar-refractivity contribution in [3.63, 3.8) is 0 Å². The van der Waals surface area contributed by atoms with Crippen molar-refractivity contribution >= 4 is 15.9 Å². The number of aliphatic hydroxyl groups is 1. The number of rotatable bonds is 7. The zero-order chi connectivity index (χ0) is 13.0. The van der Waals surface area contributed by atoms with Gasteiger partial charge in [0.15, 0.2) is 0 Å². The summed E-state index contributed by atoms with van der Waals surface area (Å²) in [6, 6.07) is 7.62. The fraction of sp³-hybridized carbons (Fsp3) is 0.571. The molecule has 0 amide bonds. The molecule has 100 valence electrons. The van der Waals surface area contributed by atoms with Gasteiger partial charge in [-0.05, 0) is 42.5 Å². The van der Waals surface area contributed by atoms with Gasteiger partial charge in [0.1, 0.15) is 18.5 Å². The van der Waals surface area contributed by atoms with E-state index in [0.29, 0.717) is 18.6 Å². The molecule has 2 N–H and O–H groups in total. The van der Waals surface area contributed by atoms with Crippen molar-refractivity contribution in [1.82, 2.24) is 5.32 Å². The first-order chi connectivity index (χ1) is 8.57. The average Bonchev–Trinajstić information content (AvgIpc) is 3.07. The molecule has 0 saturated heterocycles. The third-order valence-electron chi connectivity index (χ3n) is 3.29. The fourth-order valence-electron chi connectivity index (χ4n) is 1.71. The molecule has 0 bridgehead atoms. The van der Waals surface area contributed by atoms with Gasteiger partial charge in [0.25, 0.3) is 0 Å². The molecule has 1 fully saturated rings. The van der Waals surface area contributed by atoms with Crippen molar-refractivity contribution in [2.24, 2.45) is 5.41 Å². The lowest BCUT2D eigenvalue weighted by Crippen LogP contribution is -2.34. The third-order valence-corrected chi connectivity index (χ3v) is 3.82. The van der Waals surface area contributed by atoms with Crippen LogP contribution in [0, 0.1) is 5.41 Å². The first kappa shape index (κ1) is 13.8. The molecule has 0 radical (unpaired) electrons. The smallest absolute Gasteiger partial charge is 0.119 e. The van der Waals surface area contributed by atoms with E-state index in [2.05, 4.69) is 28.2 Å². The summed E-state index contributed by atoms with van der Waals surface area (Å²) in [4.78, 5) is 0. The highest BCUT2D eigenvalue weighted by atomic mass is 79.9. The minimum absolute atomic E-state index is 0.325. The van der Waals surface area contributed by atoms with Crippen LogP contribution in [-0.2, 0) is 0 Å². The molecule has 1 aromatic carbocycles. The first-order valence-corrected chi connectivity index (χ1v) is 7.14. The van der Waals surface area contributed by atoms with Crippen LogP contribution in [0.25, 0.3) is 0 Å². The number of halogens is 1. The summed E-state index contributed by atoms with van der Waals surface area (Å²) in [5, 5.41) is 13.1. The predicted molar refractivity (Wildman–Crippen MR) is 75.9 cm³/mol. The molecule has 3 nitrogen and oxygen atoms in total. The van der Waals surface area contributed by atoms with Crippen molar-refractivity contribution in [3.05, 3.63) is 28.7 Å². The Morgan fingerprint density at radius 3 is 2.67 bits per heavy atom. The molecular formula is C14H20BrNO2. The number of aliphatic hydroxyl groups excluding tert-OH is 1. The lowest BCUT2D eigenvalue weighted by molar-refractivity contribution is 0.105. The molecule has 1 unspecified atom stereocenters. The Labute approximate surface area is 117 Å². The van der Waals surface area contributed by atoms with E-state index in [1.165, 1.54) is 12.8 Å². The maximum Gasteiger partial charge on any atom is 0.119 e. The lowest BCUT2D eigenvalue weighted by Gasteiger charge is -2.15. The van der Waals surface area contributed by atoms with Crippen LogP contribution in [0.1, 0.15) is 19.8 Å². The maximum atomic E-state index is 9.79. The standard InChI is InChI=1S/C14H20BrNO2/c1-14(6-7-14)10-16-8-12(17)9-18-13-4-2-11(15)3-5-13/h2-5,12,16-17H,6-10H2,1H3. The Morgan fingerprint density at radius 2 is 2.06 bits per heavy atom. The SMILES string of the molecule is CC1(CNCC(O)COc2ccc(Br)cc2)CC1. The molecule has 1 aromatic rings. The Balaban J connectivity index is 1.61. The van der Waals surface area contributed by atoms with E-state index in [9.17, 15) is 5.11 Å². The van der Waals surface area contributed by atoms with Gasteiger partial charge in [-0.1, -0.05) is 22.9 Å². The maximum absolute atomic E-state index is 9.79. The van der Waals surface area contributed by atoms with E-state index in [4.69, 9.17) is 4.74 Å². The van der Waals surface area contributed by atoms with E-state index in [1.54, 1.807) is 0 Å². The van der Waals surface area contributed by atoms with Crippen molar-refractivity contribution in [2.75, 3.05) is 19.7 Å². The third kappa shape index (κ3) is 4.59. The summed E-state index contributed by atoms with van der Waals surface area (Å²) < 4.78 is 6.53. The van der Waals surface area contributed by atoms with Crippen LogP contribution in [0.2, 0.25) is 0 Å². The van der Waals surface area contributed by atoms with E-state index in [-0.39, 0.29) is 0 Å². The summed E-state index contributed by atoms with van der Waals surface area (Å²) in [7, 11) is 0. The Bertz CT molecular complexity index is 376. The minimum atomic E-state index is -0.462. The number of ether oxygens (including phenoxy) is 1. The summed E-state index contributed by atoms with van der Waals surface area (Å²) >= 11 is 3.37. The highest BCUT2D eigenvalue weighted by molar-refractivity contribution is 9.10. The first-order valence-electron chi connectivity index (χ1n) is 6.35. The van der Waals surface area contributed by atoms with Gasteiger partial charge in [-0.2, -0.15) is 0 Å². The van der Waals surface area contributed by atoms with Crippen LogP contribution in [0.3, 0.4) is 0 Å². The van der Waals surface area contributed by atoms with E-state index >= 15 is 0 Å². The van der Waals surface area contributed by atoms with Crippen molar-refractivity contribution in [3.8, 4) is 5.75 Å². The number of hydrogen-bond acceptors (Lipinski definition) is 3. The van der Waals surface area contributed by atoms with Crippen LogP contribution in [-0.4, -0.2) is 30.9 Å². The quantitative estimate of drug-likeness (QED) is 0.813. The van der Waals surface area contributed by atoms with Crippen LogP contribution in [0.5, 0.6) is 5.75 Å². The molecule has 18 heavy (non-hydrogen) atoms. The van der Waals surface area contributed by atoms with Gasteiger partial charge >= 0.3 is 0 Å². The summed E-state index contributed by atoms with van der Waals surface area (Å²) in [6.45, 7) is 4.17. The molecular weight excluding hydrogens is 294 g/mol. The van der Waals surface area contributed by atoms with Crippen LogP contribution in [0.15, 0.2) is 28.7 Å². The average molecular weight is 314 g/mol. The second-order valence-corrected chi connectivity index (χ2v) is 6.28. The Kier molecular flexibility index (Phi) is 4.65. The van der Waals surface area contributed by atoms with Gasteiger partial charge in [-0.25, -0.2) is 0 Å². The van der Waals surface area contributed by atoms with Crippen molar-refractivity contribution < 1.29 is 9.84 Å². The molecule has 0 aromatic heterocycles. The monoisotopic (exact) mass is 313 g/mol. The fourth-order valence-corrected chi connectivity index (χ4v) is 1.98. The number of nitrogens with one attached hydrogen (secondary N) is 1. The molecule has 0 aliphatic heterocycles. The second-order valence-electron chi connectivity index (χ2n) is 5.36. The van der Waals surface area contributed by atoms with Crippen molar-refractivity contribution in [2.45, 2.75) is 25.9 Å². The van der Waals surface area contributed by atoms with Gasteiger partial charge in [0, 0.05) is 17.6 Å². The predicted octanol–water partition coefficient (Wildman–Crippen LogP) is 2.58. The topological polar surface area (TPSA) is 41.5 Å². The second kappa shape index (κ2) is 6.04. The Hall–Kier alpha value is -0.580. The molecule has 4 heteroatoms. The zero-order valence-corrected chi connectivity index (χ0v) is 12.2. The highest BCUT2D eigenvalue weighted by Crippen LogP contribution is 2.43. The van der Waals surface area contributed by atoms with E-state index in [1.807, 2.05) is 24.3 Å². The van der Waals surface area contributed by atoms with Gasteiger partial charge in [-0.15, -0.1) is 0 Å². The lowest BCUT2D eigenvalue weighted by atomic mass is 10.1. The van der Waals surface area contributed by atoms with Crippen molar-refractivity contribution in [1.29, 1.82) is 0 Å².